The summed E-state index contributed by atoms with van der Waals surface area (Å²) >= 11 is 6.07. The Kier molecular flexibility index (Phi) is 7.43. The molecule has 0 bridgehead atoms. The van der Waals surface area contributed by atoms with E-state index in [1.165, 1.54) is 24.1 Å². The Morgan fingerprint density at radius 3 is 2.63 bits per heavy atom. The number of benzene rings is 1. The highest BCUT2D eigenvalue weighted by Gasteiger charge is 2.16. The lowest BCUT2D eigenvalue weighted by Crippen LogP contribution is -2.23. The van der Waals surface area contributed by atoms with E-state index in [0.29, 0.717) is 0 Å². The standard InChI is InChI=1S/C22H27ClN4/c1-27(14-5-3-6-20-16-24-17-26-20)15-12-21(22-7-2-4-13-25-22)18-8-10-19(23)11-9-18/h2,4,7-11,13,16-17,21H,3,5-6,12,14-15H2,1H3,(H,24,26). The average molecular weight is 383 g/mol. The molecule has 27 heavy (non-hydrogen) atoms. The molecule has 2 heterocycles. The zero-order valence-corrected chi connectivity index (χ0v) is 16.6. The van der Waals surface area contributed by atoms with Crippen molar-refractivity contribution in [2.24, 2.45) is 0 Å². The maximum absolute atomic E-state index is 6.07. The summed E-state index contributed by atoms with van der Waals surface area (Å²) in [4.78, 5) is 14.2. The van der Waals surface area contributed by atoms with Crippen LogP contribution in [0.15, 0.2) is 61.2 Å². The fourth-order valence-corrected chi connectivity index (χ4v) is 3.47. The molecule has 1 unspecified atom stereocenters. The number of aryl methyl sites for hydroxylation is 1. The quantitative estimate of drug-likeness (QED) is 0.505. The molecule has 2 aromatic heterocycles. The van der Waals surface area contributed by atoms with Gasteiger partial charge in [0.25, 0.3) is 0 Å². The second-order valence-corrected chi connectivity index (χ2v) is 7.42. The van der Waals surface area contributed by atoms with E-state index in [1.807, 2.05) is 30.6 Å². The number of hydrogen-bond donors (Lipinski definition) is 1. The number of rotatable bonds is 10. The highest BCUT2D eigenvalue weighted by atomic mass is 35.5. The first-order chi connectivity index (χ1) is 13.2. The maximum Gasteiger partial charge on any atom is 0.0921 e. The number of hydrogen-bond acceptors (Lipinski definition) is 3. The van der Waals surface area contributed by atoms with Crippen LogP contribution in [-0.2, 0) is 6.42 Å². The second-order valence-electron chi connectivity index (χ2n) is 6.98. The topological polar surface area (TPSA) is 44.8 Å². The molecule has 0 spiro atoms. The molecule has 3 aromatic rings. The van der Waals surface area contributed by atoms with E-state index in [4.69, 9.17) is 11.6 Å². The lowest BCUT2D eigenvalue weighted by Gasteiger charge is -2.22. The zero-order chi connectivity index (χ0) is 18.9. The third kappa shape index (κ3) is 6.19. The van der Waals surface area contributed by atoms with Crippen LogP contribution in [-0.4, -0.2) is 40.0 Å². The van der Waals surface area contributed by atoms with Gasteiger partial charge in [-0.15, -0.1) is 0 Å². The number of unbranched alkanes of at least 4 members (excludes halogenated alkanes) is 1. The number of halogens is 1. The predicted octanol–water partition coefficient (Wildman–Crippen LogP) is 4.93. The lowest BCUT2D eigenvalue weighted by atomic mass is 9.92. The monoisotopic (exact) mass is 382 g/mol. The fraction of sp³-hybridized carbons (Fsp3) is 0.364. The summed E-state index contributed by atoms with van der Waals surface area (Å²) < 4.78 is 0. The Balaban J connectivity index is 1.52. The summed E-state index contributed by atoms with van der Waals surface area (Å²) in [6.45, 7) is 2.14. The summed E-state index contributed by atoms with van der Waals surface area (Å²) in [7, 11) is 2.20. The van der Waals surface area contributed by atoms with Crippen LogP contribution in [0.2, 0.25) is 5.02 Å². The van der Waals surface area contributed by atoms with E-state index >= 15 is 0 Å². The summed E-state index contributed by atoms with van der Waals surface area (Å²) in [5.41, 5.74) is 3.61. The van der Waals surface area contributed by atoms with Crippen molar-refractivity contribution in [2.45, 2.75) is 31.6 Å². The van der Waals surface area contributed by atoms with Crippen molar-refractivity contribution in [1.29, 1.82) is 0 Å². The molecule has 3 rings (SSSR count). The molecule has 0 aliphatic carbocycles. The van der Waals surface area contributed by atoms with Gasteiger partial charge in [-0.3, -0.25) is 4.98 Å². The molecule has 0 aliphatic heterocycles. The number of imidazole rings is 1. The van der Waals surface area contributed by atoms with E-state index in [2.05, 4.69) is 51.2 Å². The van der Waals surface area contributed by atoms with Gasteiger partial charge < -0.3 is 9.88 Å². The van der Waals surface area contributed by atoms with Crippen molar-refractivity contribution in [3.63, 3.8) is 0 Å². The van der Waals surface area contributed by atoms with Crippen LogP contribution in [0.25, 0.3) is 0 Å². The Bertz CT molecular complexity index is 772. The van der Waals surface area contributed by atoms with Crippen molar-refractivity contribution < 1.29 is 0 Å². The highest BCUT2D eigenvalue weighted by Crippen LogP contribution is 2.27. The van der Waals surface area contributed by atoms with Crippen LogP contribution in [0.5, 0.6) is 0 Å². The van der Waals surface area contributed by atoms with E-state index in [1.54, 1.807) is 6.33 Å². The van der Waals surface area contributed by atoms with Crippen LogP contribution in [0.4, 0.5) is 0 Å². The van der Waals surface area contributed by atoms with Gasteiger partial charge in [-0.05, 0) is 75.6 Å². The maximum atomic E-state index is 6.07. The highest BCUT2D eigenvalue weighted by molar-refractivity contribution is 6.30. The van der Waals surface area contributed by atoms with Gasteiger partial charge in [0.1, 0.15) is 0 Å². The van der Waals surface area contributed by atoms with Crippen LogP contribution in [0.1, 0.15) is 42.1 Å². The first-order valence-corrected chi connectivity index (χ1v) is 9.92. The molecule has 142 valence electrons. The van der Waals surface area contributed by atoms with E-state index in [0.717, 1.165) is 36.6 Å². The molecular formula is C22H27ClN4. The number of aromatic amines is 1. The fourth-order valence-electron chi connectivity index (χ4n) is 3.34. The molecule has 1 aromatic carbocycles. The third-order valence-electron chi connectivity index (χ3n) is 4.91. The molecule has 0 saturated heterocycles. The molecule has 4 nitrogen and oxygen atoms in total. The van der Waals surface area contributed by atoms with Crippen molar-refractivity contribution in [3.05, 3.63) is 83.2 Å². The molecule has 0 aliphatic rings. The van der Waals surface area contributed by atoms with Gasteiger partial charge in [-0.2, -0.15) is 0 Å². The normalized spacial score (nSPS) is 12.4. The summed E-state index contributed by atoms with van der Waals surface area (Å²) in [6, 6.07) is 14.3. The van der Waals surface area contributed by atoms with Crippen molar-refractivity contribution >= 4 is 11.6 Å². The average Bonchev–Trinajstić information content (AvgIpc) is 3.21. The molecule has 1 atom stereocenters. The smallest absolute Gasteiger partial charge is 0.0921 e. The molecule has 0 radical (unpaired) electrons. The van der Waals surface area contributed by atoms with E-state index < -0.39 is 0 Å². The largest absolute Gasteiger partial charge is 0.348 e. The van der Waals surface area contributed by atoms with Crippen LogP contribution in [0, 0.1) is 0 Å². The van der Waals surface area contributed by atoms with Crippen molar-refractivity contribution in [1.82, 2.24) is 19.9 Å². The summed E-state index contributed by atoms with van der Waals surface area (Å²) in [5.74, 6) is 0.288. The van der Waals surface area contributed by atoms with Gasteiger partial charge in [0.15, 0.2) is 0 Å². The minimum Gasteiger partial charge on any atom is -0.348 e. The molecule has 1 N–H and O–H groups in total. The molecule has 0 fully saturated rings. The molecular weight excluding hydrogens is 356 g/mol. The lowest BCUT2D eigenvalue weighted by molar-refractivity contribution is 0.315. The first kappa shape index (κ1) is 19.6. The second kappa shape index (κ2) is 10.2. The summed E-state index contributed by atoms with van der Waals surface area (Å²) in [5, 5.41) is 0.771. The van der Waals surface area contributed by atoms with Gasteiger partial charge in [0, 0.05) is 34.7 Å². The van der Waals surface area contributed by atoms with Crippen molar-refractivity contribution in [2.75, 3.05) is 20.1 Å². The minimum absolute atomic E-state index is 0.288. The number of nitrogens with one attached hydrogen (secondary N) is 1. The Hall–Kier alpha value is -2.17. The number of pyridine rings is 1. The van der Waals surface area contributed by atoms with Gasteiger partial charge in [0.05, 0.1) is 6.33 Å². The Morgan fingerprint density at radius 1 is 1.07 bits per heavy atom. The molecule has 0 amide bonds. The zero-order valence-electron chi connectivity index (χ0n) is 15.8. The Morgan fingerprint density at radius 2 is 1.93 bits per heavy atom. The number of nitrogens with zero attached hydrogens (tertiary/aromatic N) is 3. The van der Waals surface area contributed by atoms with Crippen LogP contribution < -0.4 is 0 Å². The SMILES string of the molecule is CN(CCCCc1cnc[nH]1)CCC(c1ccc(Cl)cc1)c1ccccn1. The van der Waals surface area contributed by atoms with E-state index in [9.17, 15) is 0 Å². The Labute approximate surface area is 166 Å². The summed E-state index contributed by atoms with van der Waals surface area (Å²) in [6.07, 6.45) is 9.99. The van der Waals surface area contributed by atoms with Gasteiger partial charge >= 0.3 is 0 Å². The minimum atomic E-state index is 0.288. The van der Waals surface area contributed by atoms with E-state index in [-0.39, 0.29) is 5.92 Å². The number of aromatic nitrogens is 3. The van der Waals surface area contributed by atoms with Gasteiger partial charge in [0.2, 0.25) is 0 Å². The van der Waals surface area contributed by atoms with Crippen molar-refractivity contribution in [3.8, 4) is 0 Å². The van der Waals surface area contributed by atoms with Gasteiger partial charge in [-0.1, -0.05) is 29.8 Å². The molecule has 0 saturated carbocycles. The van der Waals surface area contributed by atoms with Crippen LogP contribution >= 0.6 is 11.6 Å². The number of H-pyrrole nitrogens is 1. The first-order valence-electron chi connectivity index (χ1n) is 9.54. The van der Waals surface area contributed by atoms with Crippen LogP contribution in [0.3, 0.4) is 0 Å². The van der Waals surface area contributed by atoms with Gasteiger partial charge in [-0.25, -0.2) is 4.98 Å². The third-order valence-corrected chi connectivity index (χ3v) is 5.16. The predicted molar refractivity (Wildman–Crippen MR) is 111 cm³/mol. The molecule has 5 heteroatoms.